The van der Waals surface area contributed by atoms with Crippen molar-refractivity contribution in [3.8, 4) is 0 Å². The second kappa shape index (κ2) is 8.50. The SMILES string of the molecule is CCNC(=NCCNC(=O)C(C)C)NC1CCc2ncnn2C1. The van der Waals surface area contributed by atoms with E-state index in [9.17, 15) is 4.79 Å². The molecular formula is C15H27N7O. The fraction of sp³-hybridized carbons (Fsp3) is 0.733. The maximum Gasteiger partial charge on any atom is 0.222 e. The summed E-state index contributed by atoms with van der Waals surface area (Å²) in [5.74, 6) is 1.88. The number of nitrogens with one attached hydrogen (secondary N) is 3. The number of carbonyl (C=O) groups excluding carboxylic acids is 1. The Morgan fingerprint density at radius 1 is 1.48 bits per heavy atom. The van der Waals surface area contributed by atoms with Gasteiger partial charge < -0.3 is 16.0 Å². The Balaban J connectivity index is 1.81. The van der Waals surface area contributed by atoms with Gasteiger partial charge >= 0.3 is 0 Å². The van der Waals surface area contributed by atoms with E-state index in [4.69, 9.17) is 0 Å². The molecule has 2 rings (SSSR count). The number of rotatable bonds is 6. The lowest BCUT2D eigenvalue weighted by atomic mass is 10.1. The Labute approximate surface area is 137 Å². The molecule has 3 N–H and O–H groups in total. The lowest BCUT2D eigenvalue weighted by Crippen LogP contribution is -2.47. The van der Waals surface area contributed by atoms with Crippen molar-refractivity contribution in [2.24, 2.45) is 10.9 Å². The third kappa shape index (κ3) is 5.22. The Morgan fingerprint density at radius 2 is 2.30 bits per heavy atom. The highest BCUT2D eigenvalue weighted by atomic mass is 16.1. The quantitative estimate of drug-likeness (QED) is 0.387. The average Bonchev–Trinajstić information content (AvgIpc) is 2.98. The second-order valence-electron chi connectivity index (χ2n) is 5.94. The molecule has 1 unspecified atom stereocenters. The summed E-state index contributed by atoms with van der Waals surface area (Å²) in [6.45, 7) is 8.49. The summed E-state index contributed by atoms with van der Waals surface area (Å²) in [5.41, 5.74) is 0. The van der Waals surface area contributed by atoms with Crippen molar-refractivity contribution in [2.45, 2.75) is 46.2 Å². The van der Waals surface area contributed by atoms with Crippen molar-refractivity contribution in [3.05, 3.63) is 12.2 Å². The van der Waals surface area contributed by atoms with Crippen molar-refractivity contribution < 1.29 is 4.79 Å². The zero-order valence-electron chi connectivity index (χ0n) is 14.2. The van der Waals surface area contributed by atoms with Gasteiger partial charge in [0.2, 0.25) is 5.91 Å². The smallest absolute Gasteiger partial charge is 0.222 e. The van der Waals surface area contributed by atoms with Gasteiger partial charge in [0.25, 0.3) is 0 Å². The molecule has 0 saturated heterocycles. The molecule has 0 spiro atoms. The van der Waals surface area contributed by atoms with Gasteiger partial charge in [-0.1, -0.05) is 13.8 Å². The predicted molar refractivity (Wildman–Crippen MR) is 89.1 cm³/mol. The van der Waals surface area contributed by atoms with Gasteiger partial charge in [-0.15, -0.1) is 0 Å². The molecule has 0 saturated carbocycles. The number of aromatic nitrogens is 3. The first-order valence-corrected chi connectivity index (χ1v) is 8.29. The summed E-state index contributed by atoms with van der Waals surface area (Å²) in [7, 11) is 0. The van der Waals surface area contributed by atoms with Crippen LogP contribution in [0.2, 0.25) is 0 Å². The number of hydrogen-bond acceptors (Lipinski definition) is 4. The molecule has 23 heavy (non-hydrogen) atoms. The van der Waals surface area contributed by atoms with Gasteiger partial charge in [0.15, 0.2) is 5.96 Å². The molecule has 0 fully saturated rings. The number of aryl methyl sites for hydroxylation is 1. The highest BCUT2D eigenvalue weighted by Gasteiger charge is 2.20. The monoisotopic (exact) mass is 321 g/mol. The molecule has 128 valence electrons. The molecule has 1 amide bonds. The summed E-state index contributed by atoms with van der Waals surface area (Å²) in [6.07, 6.45) is 3.53. The van der Waals surface area contributed by atoms with Crippen LogP contribution in [0.5, 0.6) is 0 Å². The molecule has 1 aliphatic rings. The van der Waals surface area contributed by atoms with E-state index in [2.05, 4.69) is 31.0 Å². The minimum absolute atomic E-state index is 0.00413. The first-order chi connectivity index (χ1) is 11.1. The van der Waals surface area contributed by atoms with E-state index in [0.717, 1.165) is 37.7 Å². The van der Waals surface area contributed by atoms with Gasteiger partial charge in [-0.05, 0) is 13.3 Å². The van der Waals surface area contributed by atoms with E-state index in [0.29, 0.717) is 13.1 Å². The van der Waals surface area contributed by atoms with Crippen molar-refractivity contribution in [2.75, 3.05) is 19.6 Å². The van der Waals surface area contributed by atoms with E-state index >= 15 is 0 Å². The van der Waals surface area contributed by atoms with Crippen LogP contribution in [0.1, 0.15) is 33.0 Å². The maximum absolute atomic E-state index is 11.5. The number of carbonyl (C=O) groups is 1. The molecule has 1 aromatic rings. The molecule has 8 nitrogen and oxygen atoms in total. The summed E-state index contributed by atoms with van der Waals surface area (Å²) in [5, 5.41) is 13.8. The van der Waals surface area contributed by atoms with Crippen molar-refractivity contribution in [3.63, 3.8) is 0 Å². The predicted octanol–water partition coefficient (Wildman–Crippen LogP) is -0.0798. The van der Waals surface area contributed by atoms with Crippen LogP contribution in [0.25, 0.3) is 0 Å². The molecular weight excluding hydrogens is 294 g/mol. The zero-order chi connectivity index (χ0) is 16.7. The van der Waals surface area contributed by atoms with Gasteiger partial charge in [-0.3, -0.25) is 9.79 Å². The number of guanidine groups is 1. The van der Waals surface area contributed by atoms with Gasteiger partial charge in [-0.2, -0.15) is 5.10 Å². The number of hydrogen-bond donors (Lipinski definition) is 3. The Bertz CT molecular complexity index is 538. The molecule has 8 heteroatoms. The normalized spacial score (nSPS) is 17.7. The fourth-order valence-corrected chi connectivity index (χ4v) is 2.42. The largest absolute Gasteiger partial charge is 0.357 e. The van der Waals surface area contributed by atoms with E-state index in [1.165, 1.54) is 0 Å². The highest BCUT2D eigenvalue weighted by molar-refractivity contribution is 5.80. The van der Waals surface area contributed by atoms with Crippen LogP contribution in [-0.2, 0) is 17.8 Å². The van der Waals surface area contributed by atoms with Crippen LogP contribution in [0.15, 0.2) is 11.3 Å². The molecule has 0 aromatic carbocycles. The summed E-state index contributed by atoms with van der Waals surface area (Å²) in [4.78, 5) is 20.3. The fourth-order valence-electron chi connectivity index (χ4n) is 2.42. The molecule has 0 radical (unpaired) electrons. The second-order valence-corrected chi connectivity index (χ2v) is 5.94. The molecule has 1 aromatic heterocycles. The summed E-state index contributed by atoms with van der Waals surface area (Å²) < 4.78 is 1.94. The average molecular weight is 321 g/mol. The van der Waals surface area contributed by atoms with Gasteiger partial charge in [0.05, 0.1) is 13.1 Å². The van der Waals surface area contributed by atoms with Crippen molar-refractivity contribution in [1.82, 2.24) is 30.7 Å². The first-order valence-electron chi connectivity index (χ1n) is 8.29. The van der Waals surface area contributed by atoms with Gasteiger partial charge in [-0.25, -0.2) is 9.67 Å². The van der Waals surface area contributed by atoms with Crippen LogP contribution < -0.4 is 16.0 Å². The third-order valence-corrected chi connectivity index (χ3v) is 3.70. The van der Waals surface area contributed by atoms with Crippen LogP contribution in [0, 0.1) is 5.92 Å². The Morgan fingerprint density at radius 3 is 3.04 bits per heavy atom. The number of fused-ring (bicyclic) bond motifs is 1. The van der Waals surface area contributed by atoms with Gasteiger partial charge in [0, 0.05) is 31.5 Å². The van der Waals surface area contributed by atoms with E-state index in [1.807, 2.05) is 25.5 Å². The van der Waals surface area contributed by atoms with Crippen molar-refractivity contribution >= 4 is 11.9 Å². The Hall–Kier alpha value is -2.12. The van der Waals surface area contributed by atoms with E-state index in [-0.39, 0.29) is 17.9 Å². The minimum atomic E-state index is 0.00413. The highest BCUT2D eigenvalue weighted by Crippen LogP contribution is 2.11. The summed E-state index contributed by atoms with van der Waals surface area (Å²) >= 11 is 0. The molecule has 0 bridgehead atoms. The minimum Gasteiger partial charge on any atom is -0.357 e. The number of aliphatic imine (C=N–C) groups is 1. The standard InChI is InChI=1S/C15H27N7O/c1-4-16-15(18-8-7-17-14(23)11(2)3)21-12-5-6-13-19-10-20-22(13)9-12/h10-12H,4-9H2,1-3H3,(H,17,23)(H2,16,18,21). The van der Waals surface area contributed by atoms with Crippen LogP contribution in [0.3, 0.4) is 0 Å². The van der Waals surface area contributed by atoms with Gasteiger partial charge in [0.1, 0.15) is 12.2 Å². The maximum atomic E-state index is 11.5. The van der Waals surface area contributed by atoms with Crippen LogP contribution >= 0.6 is 0 Å². The van der Waals surface area contributed by atoms with Crippen LogP contribution in [-0.4, -0.2) is 52.3 Å². The molecule has 2 heterocycles. The van der Waals surface area contributed by atoms with Crippen LogP contribution in [0.4, 0.5) is 0 Å². The summed E-state index contributed by atoms with van der Waals surface area (Å²) in [6, 6.07) is 0.284. The third-order valence-electron chi connectivity index (χ3n) is 3.70. The van der Waals surface area contributed by atoms with Crippen molar-refractivity contribution in [1.29, 1.82) is 0 Å². The lowest BCUT2D eigenvalue weighted by Gasteiger charge is -2.25. The molecule has 0 aliphatic carbocycles. The number of amides is 1. The first kappa shape index (κ1) is 17.2. The molecule has 1 aliphatic heterocycles. The van der Waals surface area contributed by atoms with E-state index < -0.39 is 0 Å². The lowest BCUT2D eigenvalue weighted by molar-refractivity contribution is -0.123. The Kier molecular flexibility index (Phi) is 6.37. The topological polar surface area (TPSA) is 96.2 Å². The number of nitrogens with zero attached hydrogens (tertiary/aromatic N) is 4. The van der Waals surface area contributed by atoms with E-state index in [1.54, 1.807) is 6.33 Å². The zero-order valence-corrected chi connectivity index (χ0v) is 14.2. The molecule has 1 atom stereocenters.